The molecule has 1 amide bonds. The Morgan fingerprint density at radius 1 is 0.790 bits per heavy atom. The molecule has 2 fully saturated rings. The highest BCUT2D eigenvalue weighted by molar-refractivity contribution is 6.35. The molecule has 3 aliphatic rings. The fourth-order valence-electron chi connectivity index (χ4n) is 9.04. The molecule has 5 heterocycles. The monoisotopic (exact) mass is 888 g/mol. The quantitative estimate of drug-likeness (QED) is 0.152. The predicted molar refractivity (Wildman–Crippen MR) is 248 cm³/mol. The predicted octanol–water partition coefficient (Wildman–Crippen LogP) is 10.5. The number of nitrogens with zero attached hydrogens (tertiary/aromatic N) is 5. The van der Waals surface area contributed by atoms with Gasteiger partial charge in [0.15, 0.2) is 11.5 Å². The van der Waals surface area contributed by atoms with Gasteiger partial charge in [-0.05, 0) is 73.9 Å². The van der Waals surface area contributed by atoms with Crippen LogP contribution in [0.15, 0.2) is 103 Å². The number of rotatable bonds is 8. The van der Waals surface area contributed by atoms with E-state index in [0.717, 1.165) is 120 Å². The third-order valence-corrected chi connectivity index (χ3v) is 12.9. The first-order valence-corrected chi connectivity index (χ1v) is 22.3. The van der Waals surface area contributed by atoms with E-state index in [1.165, 1.54) is 6.42 Å². The Morgan fingerprint density at radius 3 is 2.27 bits per heavy atom. The van der Waals surface area contributed by atoms with Crippen molar-refractivity contribution < 1.29 is 19.1 Å². The number of nitrogens with one attached hydrogen (secondary N) is 1. The lowest BCUT2D eigenvalue weighted by atomic mass is 9.95. The molecule has 7 aromatic rings. The fraction of sp³-hybridized carbons (Fsp3) is 0.286. The van der Waals surface area contributed by atoms with E-state index in [-0.39, 0.29) is 17.7 Å². The molecule has 62 heavy (non-hydrogen) atoms. The second-order valence-corrected chi connectivity index (χ2v) is 17.3. The van der Waals surface area contributed by atoms with Crippen molar-refractivity contribution in [3.05, 3.63) is 146 Å². The lowest BCUT2D eigenvalue weighted by Gasteiger charge is -2.34. The molecule has 318 valence electrons. The maximum Gasteiger partial charge on any atom is 0.286 e. The normalized spacial score (nSPS) is 16.8. The SMILES string of the molecule is Cc1c(C(=O)NN2CCCCC2)nn(-c2ccc(Cl)cc2Cl)c1-c1ccc(Cl)cc1.Cc1c(C(=O)c2cccc3ccccc23)c2cccc3c2n1[C@H](CN1CCOCC1)CO3. The van der Waals surface area contributed by atoms with Crippen LogP contribution >= 0.6 is 34.8 Å². The highest BCUT2D eigenvalue weighted by Gasteiger charge is 2.32. The van der Waals surface area contributed by atoms with E-state index in [2.05, 4.69) is 45.1 Å². The summed E-state index contributed by atoms with van der Waals surface area (Å²) >= 11 is 18.6. The Balaban J connectivity index is 0.000000159. The van der Waals surface area contributed by atoms with Gasteiger partial charge in [0.2, 0.25) is 0 Å². The van der Waals surface area contributed by atoms with Crippen molar-refractivity contribution in [2.45, 2.75) is 39.2 Å². The number of benzene rings is 5. The van der Waals surface area contributed by atoms with Crippen molar-refractivity contribution in [3.63, 3.8) is 0 Å². The van der Waals surface area contributed by atoms with E-state index in [0.29, 0.717) is 33.1 Å². The lowest BCUT2D eigenvalue weighted by Crippen LogP contribution is -2.45. The Morgan fingerprint density at radius 2 is 1.50 bits per heavy atom. The van der Waals surface area contributed by atoms with Gasteiger partial charge in [0.05, 0.1) is 46.7 Å². The number of carbonyl (C=O) groups excluding carboxylic acids is 2. The molecule has 0 aliphatic carbocycles. The van der Waals surface area contributed by atoms with Crippen LogP contribution in [0, 0.1) is 13.8 Å². The lowest BCUT2D eigenvalue weighted by molar-refractivity contribution is 0.0272. The minimum Gasteiger partial charge on any atom is -0.489 e. The minimum atomic E-state index is -0.228. The number of fused-ring (bicyclic) bond motifs is 1. The second-order valence-electron chi connectivity index (χ2n) is 16.0. The van der Waals surface area contributed by atoms with Gasteiger partial charge in [-0.1, -0.05) is 108 Å². The van der Waals surface area contributed by atoms with Crippen LogP contribution in [0.25, 0.3) is 38.6 Å². The van der Waals surface area contributed by atoms with Crippen LogP contribution < -0.4 is 10.2 Å². The van der Waals surface area contributed by atoms with E-state index >= 15 is 0 Å². The number of hydrogen-bond donors (Lipinski definition) is 1. The standard InChI is InChI=1S/C27H26N2O3.C22H21Cl3N4O/c1-18-25(27(30)22-9-4-7-19-6-2-3-8-21(19)22)23-10-5-11-24-26(23)29(18)20(17-32-24)16-28-12-14-31-15-13-28;1-14-20(22(30)27-28-11-3-2-4-12-28)26-29(19-10-9-17(24)13-18(19)25)21(14)15-5-7-16(23)8-6-15/h2-11,20H,12-17H2,1H3;5-10,13H,2-4,11-12H2,1H3,(H,27,30)/t20-;/m1./s1. The molecule has 10 rings (SSSR count). The second kappa shape index (κ2) is 18.3. The summed E-state index contributed by atoms with van der Waals surface area (Å²) in [6.07, 6.45) is 3.34. The number of hydrogen-bond acceptors (Lipinski definition) is 7. The molecular weight excluding hydrogens is 843 g/mol. The van der Waals surface area contributed by atoms with Gasteiger partial charge in [-0.15, -0.1) is 0 Å². The summed E-state index contributed by atoms with van der Waals surface area (Å²) < 4.78 is 15.8. The molecule has 1 N–H and O–H groups in total. The summed E-state index contributed by atoms with van der Waals surface area (Å²) in [5.41, 5.74) is 10.0. The molecule has 1 atom stereocenters. The van der Waals surface area contributed by atoms with Crippen molar-refractivity contribution in [1.82, 2.24) is 29.7 Å². The first kappa shape index (κ1) is 42.1. The van der Waals surface area contributed by atoms with Gasteiger partial charge in [0, 0.05) is 70.5 Å². The molecule has 0 radical (unpaired) electrons. The molecule has 3 aliphatic heterocycles. The van der Waals surface area contributed by atoms with E-state index < -0.39 is 0 Å². The molecule has 0 spiro atoms. The molecule has 5 aromatic carbocycles. The number of morpholine rings is 1. The van der Waals surface area contributed by atoms with Gasteiger partial charge >= 0.3 is 0 Å². The third-order valence-electron chi connectivity index (χ3n) is 12.1. The average Bonchev–Trinajstić information content (AvgIpc) is 3.79. The third kappa shape index (κ3) is 8.35. The summed E-state index contributed by atoms with van der Waals surface area (Å²) in [5.74, 6) is 0.710. The maximum atomic E-state index is 14.0. The molecule has 13 heteroatoms. The van der Waals surface area contributed by atoms with Gasteiger partial charge in [0.25, 0.3) is 5.91 Å². The van der Waals surface area contributed by atoms with Gasteiger partial charge in [-0.25, -0.2) is 9.69 Å². The number of ether oxygens (including phenoxy) is 2. The highest BCUT2D eigenvalue weighted by Crippen LogP contribution is 2.40. The van der Waals surface area contributed by atoms with Crippen molar-refractivity contribution in [2.75, 3.05) is 52.5 Å². The van der Waals surface area contributed by atoms with Crippen LogP contribution in [-0.2, 0) is 4.74 Å². The maximum absolute atomic E-state index is 14.0. The summed E-state index contributed by atoms with van der Waals surface area (Å²) in [6.45, 7) is 10.6. The van der Waals surface area contributed by atoms with E-state index in [9.17, 15) is 9.59 Å². The Bertz CT molecular complexity index is 2780. The number of ketones is 1. The molecule has 0 unspecified atom stereocenters. The van der Waals surface area contributed by atoms with Crippen LogP contribution in [0.3, 0.4) is 0 Å². The van der Waals surface area contributed by atoms with Gasteiger partial charge in [0.1, 0.15) is 12.4 Å². The summed E-state index contributed by atoms with van der Waals surface area (Å²) in [5, 5.41) is 11.3. The summed E-state index contributed by atoms with van der Waals surface area (Å²) in [6, 6.07) is 32.9. The summed E-state index contributed by atoms with van der Waals surface area (Å²) in [7, 11) is 0. The van der Waals surface area contributed by atoms with E-state index in [4.69, 9.17) is 44.3 Å². The number of halogens is 3. The molecule has 10 nitrogen and oxygen atoms in total. The number of amides is 1. The highest BCUT2D eigenvalue weighted by atomic mass is 35.5. The first-order chi connectivity index (χ1) is 30.2. The number of piperidine rings is 1. The van der Waals surface area contributed by atoms with Crippen molar-refractivity contribution in [2.24, 2.45) is 0 Å². The first-order valence-electron chi connectivity index (χ1n) is 21.1. The van der Waals surface area contributed by atoms with Crippen LogP contribution in [0.2, 0.25) is 15.1 Å². The minimum absolute atomic E-state index is 0.0761. The van der Waals surface area contributed by atoms with Crippen molar-refractivity contribution in [1.29, 1.82) is 0 Å². The van der Waals surface area contributed by atoms with Crippen LogP contribution in [-0.4, -0.2) is 88.5 Å². The molecule has 0 bridgehead atoms. The topological polar surface area (TPSA) is 93.9 Å². The fourth-order valence-corrected chi connectivity index (χ4v) is 9.65. The van der Waals surface area contributed by atoms with Crippen molar-refractivity contribution in [3.8, 4) is 22.7 Å². The van der Waals surface area contributed by atoms with E-state index in [1.807, 2.05) is 78.7 Å². The number of hydrazine groups is 1. The number of carbonyl (C=O) groups is 2. The number of aromatic nitrogens is 3. The number of para-hydroxylation sites is 1. The van der Waals surface area contributed by atoms with Crippen LogP contribution in [0.4, 0.5) is 0 Å². The Hall–Kier alpha value is -5.20. The molecule has 2 aromatic heterocycles. The van der Waals surface area contributed by atoms with Gasteiger partial charge in [-0.3, -0.25) is 19.9 Å². The average molecular weight is 890 g/mol. The van der Waals surface area contributed by atoms with E-state index in [1.54, 1.807) is 22.9 Å². The largest absolute Gasteiger partial charge is 0.489 e. The van der Waals surface area contributed by atoms with Gasteiger partial charge < -0.3 is 14.0 Å². The molecule has 2 saturated heterocycles. The zero-order valence-corrected chi connectivity index (χ0v) is 36.9. The van der Waals surface area contributed by atoms with Crippen molar-refractivity contribution >= 4 is 68.2 Å². The smallest absolute Gasteiger partial charge is 0.286 e. The Labute approximate surface area is 375 Å². The van der Waals surface area contributed by atoms with Gasteiger partial charge in [-0.2, -0.15) is 5.10 Å². The Kier molecular flexibility index (Phi) is 12.4. The summed E-state index contributed by atoms with van der Waals surface area (Å²) in [4.78, 5) is 29.5. The molecular formula is C49H47Cl3N6O4. The zero-order valence-electron chi connectivity index (χ0n) is 34.7. The van der Waals surface area contributed by atoms with Crippen LogP contribution in [0.1, 0.15) is 63.0 Å². The molecule has 0 saturated carbocycles. The van der Waals surface area contributed by atoms with Crippen LogP contribution in [0.5, 0.6) is 5.75 Å². The zero-order chi connectivity index (χ0) is 42.9.